The molecule has 0 saturated heterocycles. The Hall–Kier alpha value is -2.06. The lowest BCUT2D eigenvalue weighted by Gasteiger charge is -2.07. The second kappa shape index (κ2) is 9.29. The number of rotatable bonds is 7. The van der Waals surface area contributed by atoms with Gasteiger partial charge in [-0.05, 0) is 24.3 Å². The summed E-state index contributed by atoms with van der Waals surface area (Å²) >= 11 is 8.12. The minimum atomic E-state index is -0.199. The van der Waals surface area contributed by atoms with E-state index < -0.39 is 0 Å². The number of hydrogen-bond acceptors (Lipinski definition) is 6. The highest BCUT2D eigenvalue weighted by Crippen LogP contribution is 2.17. The van der Waals surface area contributed by atoms with E-state index in [1.807, 2.05) is 0 Å². The summed E-state index contributed by atoms with van der Waals surface area (Å²) in [6.45, 7) is 0.970. The summed E-state index contributed by atoms with van der Waals surface area (Å²) in [5.74, 6) is 0.731. The Labute approximate surface area is 151 Å². The van der Waals surface area contributed by atoms with Crippen molar-refractivity contribution in [3.63, 3.8) is 0 Å². The number of nitrogens with one attached hydrogen (secondary N) is 2. The zero-order valence-electron chi connectivity index (χ0n) is 12.9. The summed E-state index contributed by atoms with van der Waals surface area (Å²) in [4.78, 5) is 32.5. The molecule has 2 aromatic heterocycles. The highest BCUT2D eigenvalue weighted by molar-refractivity contribution is 7.80. The highest BCUT2D eigenvalue weighted by atomic mass is 32.1. The van der Waals surface area contributed by atoms with Crippen molar-refractivity contribution in [2.45, 2.75) is 0 Å². The van der Waals surface area contributed by atoms with Crippen molar-refractivity contribution in [3.8, 4) is 11.4 Å². The summed E-state index contributed by atoms with van der Waals surface area (Å²) in [5.41, 5.74) is 2.01. The molecule has 0 aliphatic heterocycles. The Kier molecular flexibility index (Phi) is 7.07. The fourth-order valence-corrected chi connectivity index (χ4v) is 2.19. The van der Waals surface area contributed by atoms with E-state index in [4.69, 9.17) is 0 Å². The smallest absolute Gasteiger partial charge is 0.251 e. The van der Waals surface area contributed by atoms with Crippen molar-refractivity contribution in [1.82, 2.24) is 20.6 Å². The zero-order chi connectivity index (χ0) is 17.4. The third-order valence-corrected chi connectivity index (χ3v) is 3.55. The fraction of sp³-hybridized carbons (Fsp3) is 0.250. The quantitative estimate of drug-likeness (QED) is 0.562. The highest BCUT2D eigenvalue weighted by Gasteiger charge is 2.11. The van der Waals surface area contributed by atoms with Gasteiger partial charge in [0.1, 0.15) is 0 Å². The average Bonchev–Trinajstić information content (AvgIpc) is 2.64. The number of hydrogen-bond donors (Lipinski definition) is 4. The van der Waals surface area contributed by atoms with Crippen LogP contribution in [0.15, 0.2) is 36.7 Å². The van der Waals surface area contributed by atoms with E-state index in [0.717, 1.165) is 0 Å². The lowest BCUT2D eigenvalue weighted by molar-refractivity contribution is 0.0947. The maximum Gasteiger partial charge on any atom is 0.251 e. The molecule has 0 aliphatic rings. The third-order valence-electron chi connectivity index (χ3n) is 3.10. The minimum absolute atomic E-state index is 0.199. The van der Waals surface area contributed by atoms with Gasteiger partial charge < -0.3 is 10.6 Å². The Morgan fingerprint density at radius 3 is 1.62 bits per heavy atom. The summed E-state index contributed by atoms with van der Waals surface area (Å²) in [5, 5.41) is 5.49. The molecule has 0 unspecified atom stereocenters. The second-order valence-electron chi connectivity index (χ2n) is 4.82. The number of nitrogens with zero attached hydrogens (tertiary/aromatic N) is 2. The Bertz CT molecular complexity index is 663. The summed E-state index contributed by atoms with van der Waals surface area (Å²) in [6.07, 6.45) is 3.08. The SMILES string of the molecule is O=C(NCCS)c1ccnc(-c2cc(C(=O)NCCS)ccn2)c1. The largest absolute Gasteiger partial charge is 0.351 e. The molecule has 126 valence electrons. The molecule has 0 bridgehead atoms. The fourth-order valence-electron chi connectivity index (χ4n) is 1.97. The van der Waals surface area contributed by atoms with Crippen LogP contribution < -0.4 is 10.6 Å². The van der Waals surface area contributed by atoms with Crippen molar-refractivity contribution < 1.29 is 9.59 Å². The molecule has 6 nitrogen and oxygen atoms in total. The predicted molar refractivity (Wildman–Crippen MR) is 99.8 cm³/mol. The van der Waals surface area contributed by atoms with Crippen LogP contribution in [-0.2, 0) is 0 Å². The van der Waals surface area contributed by atoms with Crippen LogP contribution >= 0.6 is 25.3 Å². The summed E-state index contributed by atoms with van der Waals surface area (Å²) < 4.78 is 0. The van der Waals surface area contributed by atoms with Gasteiger partial charge in [0.15, 0.2) is 0 Å². The van der Waals surface area contributed by atoms with Crippen LogP contribution in [0.1, 0.15) is 20.7 Å². The normalized spacial score (nSPS) is 10.2. The Balaban J connectivity index is 2.22. The minimum Gasteiger partial charge on any atom is -0.351 e. The molecule has 2 amide bonds. The van der Waals surface area contributed by atoms with Gasteiger partial charge in [-0.2, -0.15) is 25.3 Å². The molecule has 8 heteroatoms. The topological polar surface area (TPSA) is 84.0 Å². The molecule has 0 saturated carbocycles. The lowest BCUT2D eigenvalue weighted by atomic mass is 10.1. The molecule has 2 heterocycles. The van der Waals surface area contributed by atoms with Crippen molar-refractivity contribution in [2.24, 2.45) is 0 Å². The lowest BCUT2D eigenvalue weighted by Crippen LogP contribution is -2.25. The summed E-state index contributed by atoms with van der Waals surface area (Å²) in [7, 11) is 0. The van der Waals surface area contributed by atoms with Gasteiger partial charge in [0.25, 0.3) is 11.8 Å². The molecular weight excluding hydrogens is 344 g/mol. The van der Waals surface area contributed by atoms with Gasteiger partial charge >= 0.3 is 0 Å². The molecular formula is C16H18N4O2S2. The van der Waals surface area contributed by atoms with Crippen molar-refractivity contribution in [1.29, 1.82) is 0 Å². The molecule has 0 spiro atoms. The van der Waals surface area contributed by atoms with Gasteiger partial charge in [0.2, 0.25) is 0 Å². The van der Waals surface area contributed by atoms with Gasteiger partial charge in [-0.1, -0.05) is 0 Å². The van der Waals surface area contributed by atoms with Gasteiger partial charge in [0.05, 0.1) is 11.4 Å². The van der Waals surface area contributed by atoms with Crippen LogP contribution in [0.3, 0.4) is 0 Å². The second-order valence-corrected chi connectivity index (χ2v) is 5.71. The Morgan fingerprint density at radius 1 is 0.833 bits per heavy atom. The summed E-state index contributed by atoms with van der Waals surface area (Å²) in [6, 6.07) is 6.54. The molecule has 2 aromatic rings. The van der Waals surface area contributed by atoms with Gasteiger partial charge in [-0.15, -0.1) is 0 Å². The third kappa shape index (κ3) is 4.97. The maximum atomic E-state index is 12.0. The van der Waals surface area contributed by atoms with E-state index in [-0.39, 0.29) is 11.8 Å². The van der Waals surface area contributed by atoms with Gasteiger partial charge in [-0.25, -0.2) is 0 Å². The molecule has 0 aromatic carbocycles. The molecule has 0 atom stereocenters. The number of pyridine rings is 2. The number of amides is 2. The van der Waals surface area contributed by atoms with Crippen LogP contribution in [0.4, 0.5) is 0 Å². The van der Waals surface area contributed by atoms with E-state index in [1.54, 1.807) is 36.7 Å². The molecule has 2 rings (SSSR count). The molecule has 0 fully saturated rings. The van der Waals surface area contributed by atoms with Crippen molar-refractivity contribution >= 4 is 37.1 Å². The van der Waals surface area contributed by atoms with Crippen molar-refractivity contribution in [3.05, 3.63) is 47.8 Å². The van der Waals surface area contributed by atoms with Crippen LogP contribution in [0.25, 0.3) is 11.4 Å². The molecule has 0 radical (unpaired) electrons. The Morgan fingerprint density at radius 2 is 1.25 bits per heavy atom. The van der Waals surface area contributed by atoms with Crippen LogP contribution in [-0.4, -0.2) is 46.4 Å². The first-order valence-corrected chi connectivity index (χ1v) is 8.63. The standard InChI is InChI=1S/C16H18N4O2S2/c21-15(19-5-7-23)11-1-3-17-13(9-11)14-10-12(2-4-18-14)16(22)20-6-8-24/h1-4,9-10,23-24H,5-8H2,(H,19,21)(H,20,22). The first-order chi connectivity index (χ1) is 11.7. The predicted octanol–water partition coefficient (Wildman–Crippen LogP) is 1.46. The molecule has 2 N–H and O–H groups in total. The molecule has 0 aliphatic carbocycles. The van der Waals surface area contributed by atoms with Crippen LogP contribution in [0.2, 0.25) is 0 Å². The van der Waals surface area contributed by atoms with Gasteiger partial charge in [0, 0.05) is 48.1 Å². The first kappa shape index (κ1) is 18.3. The van der Waals surface area contributed by atoms with E-state index in [1.165, 1.54) is 0 Å². The van der Waals surface area contributed by atoms with E-state index >= 15 is 0 Å². The average molecular weight is 362 g/mol. The zero-order valence-corrected chi connectivity index (χ0v) is 14.7. The number of carbonyl (C=O) groups is 2. The maximum absolute atomic E-state index is 12.0. The van der Waals surface area contributed by atoms with Crippen LogP contribution in [0, 0.1) is 0 Å². The monoisotopic (exact) mass is 362 g/mol. The van der Waals surface area contributed by atoms with E-state index in [2.05, 4.69) is 45.9 Å². The number of thiol groups is 2. The van der Waals surface area contributed by atoms with Gasteiger partial charge in [-0.3, -0.25) is 19.6 Å². The van der Waals surface area contributed by atoms with Crippen molar-refractivity contribution in [2.75, 3.05) is 24.6 Å². The van der Waals surface area contributed by atoms with E-state index in [0.29, 0.717) is 47.1 Å². The van der Waals surface area contributed by atoms with Crippen LogP contribution in [0.5, 0.6) is 0 Å². The van der Waals surface area contributed by atoms with E-state index in [9.17, 15) is 9.59 Å². The first-order valence-electron chi connectivity index (χ1n) is 7.36. The number of carbonyl (C=O) groups excluding carboxylic acids is 2. The molecule has 24 heavy (non-hydrogen) atoms. The number of aromatic nitrogens is 2.